The minimum atomic E-state index is -0.346. The number of phenols is 1. The Morgan fingerprint density at radius 1 is 1.19 bits per heavy atom. The third kappa shape index (κ3) is 3.45. The van der Waals surface area contributed by atoms with E-state index in [0.717, 1.165) is 5.56 Å². The first-order valence-corrected chi connectivity index (χ1v) is 9.19. The second-order valence-electron chi connectivity index (χ2n) is 6.79. The average molecular weight is 387 g/mol. The summed E-state index contributed by atoms with van der Waals surface area (Å²) in [6, 6.07) is 13.8. The van der Waals surface area contributed by atoms with Crippen molar-refractivity contribution in [2.75, 3.05) is 19.6 Å². The first-order chi connectivity index (χ1) is 13.0. The van der Waals surface area contributed by atoms with Crippen LogP contribution in [0.5, 0.6) is 5.75 Å². The van der Waals surface area contributed by atoms with Gasteiger partial charge in [-0.3, -0.25) is 9.69 Å². The van der Waals surface area contributed by atoms with Crippen LogP contribution in [0.15, 0.2) is 48.5 Å². The number of para-hydroxylation sites is 1. The van der Waals surface area contributed by atoms with Crippen molar-refractivity contribution in [3.8, 4) is 5.75 Å². The summed E-state index contributed by atoms with van der Waals surface area (Å²) < 4.78 is 5.46. The highest BCUT2D eigenvalue weighted by Gasteiger charge is 2.48. The number of hydrogen-bond donors (Lipinski definition) is 1. The van der Waals surface area contributed by atoms with Gasteiger partial charge in [-0.15, -0.1) is 0 Å². The van der Waals surface area contributed by atoms with Gasteiger partial charge in [0.15, 0.2) is 0 Å². The summed E-state index contributed by atoms with van der Waals surface area (Å²) in [5.41, 5.74) is 1.30. The SMILES string of the molecule is O=C(c1ccccc1O)N1CC2OC(=O)N(CCc3cccc(Cl)c3)C2C1. The molecule has 2 aliphatic rings. The molecule has 2 aliphatic heterocycles. The monoisotopic (exact) mass is 386 g/mol. The minimum absolute atomic E-state index is 0.0469. The molecule has 140 valence electrons. The molecule has 2 aromatic rings. The van der Waals surface area contributed by atoms with Crippen LogP contribution in [0.3, 0.4) is 0 Å². The molecule has 2 heterocycles. The van der Waals surface area contributed by atoms with E-state index < -0.39 is 0 Å². The van der Waals surface area contributed by atoms with Gasteiger partial charge in [0.25, 0.3) is 5.91 Å². The lowest BCUT2D eigenvalue weighted by molar-refractivity contribution is 0.0725. The standard InChI is InChI=1S/C20H19ClN2O4/c21-14-5-3-4-13(10-14)8-9-23-16-11-22(12-18(16)27-20(23)26)19(25)15-6-1-2-7-17(15)24/h1-7,10,16,18,24H,8-9,11-12H2. The van der Waals surface area contributed by atoms with E-state index in [1.807, 2.05) is 24.3 Å². The van der Waals surface area contributed by atoms with Gasteiger partial charge >= 0.3 is 6.09 Å². The van der Waals surface area contributed by atoms with E-state index in [4.69, 9.17) is 16.3 Å². The Morgan fingerprint density at radius 2 is 2.00 bits per heavy atom. The zero-order chi connectivity index (χ0) is 19.0. The zero-order valence-electron chi connectivity index (χ0n) is 14.5. The van der Waals surface area contributed by atoms with Crippen molar-refractivity contribution in [2.45, 2.75) is 18.6 Å². The van der Waals surface area contributed by atoms with Gasteiger partial charge in [0.1, 0.15) is 11.9 Å². The summed E-state index contributed by atoms with van der Waals surface area (Å²) in [7, 11) is 0. The molecule has 2 unspecified atom stereocenters. The van der Waals surface area contributed by atoms with Crippen molar-refractivity contribution in [2.24, 2.45) is 0 Å². The van der Waals surface area contributed by atoms with Crippen LogP contribution in [-0.4, -0.2) is 58.7 Å². The second kappa shape index (κ2) is 7.12. The Morgan fingerprint density at radius 3 is 2.78 bits per heavy atom. The van der Waals surface area contributed by atoms with Crippen LogP contribution in [0, 0.1) is 0 Å². The lowest BCUT2D eigenvalue weighted by Gasteiger charge is -2.22. The smallest absolute Gasteiger partial charge is 0.410 e. The maximum atomic E-state index is 12.7. The topological polar surface area (TPSA) is 70.1 Å². The minimum Gasteiger partial charge on any atom is -0.507 e. The second-order valence-corrected chi connectivity index (χ2v) is 7.23. The maximum Gasteiger partial charge on any atom is 0.410 e. The molecule has 4 rings (SSSR count). The normalized spacial score (nSPS) is 21.3. The molecule has 2 saturated heterocycles. The third-order valence-electron chi connectivity index (χ3n) is 5.08. The Bertz CT molecular complexity index is 888. The predicted molar refractivity (Wildman–Crippen MR) is 99.9 cm³/mol. The van der Waals surface area contributed by atoms with Crippen LogP contribution < -0.4 is 0 Å². The number of phenolic OH excluding ortho intramolecular Hbond substituents is 1. The van der Waals surface area contributed by atoms with Gasteiger partial charge in [0, 0.05) is 18.1 Å². The van der Waals surface area contributed by atoms with Gasteiger partial charge in [0.05, 0.1) is 18.2 Å². The zero-order valence-corrected chi connectivity index (χ0v) is 15.3. The van der Waals surface area contributed by atoms with E-state index in [9.17, 15) is 14.7 Å². The van der Waals surface area contributed by atoms with Gasteiger partial charge in [-0.25, -0.2) is 4.79 Å². The Kier molecular flexibility index (Phi) is 4.66. The lowest BCUT2D eigenvalue weighted by atomic mass is 10.1. The van der Waals surface area contributed by atoms with Crippen molar-refractivity contribution >= 4 is 23.6 Å². The molecule has 0 spiro atoms. The van der Waals surface area contributed by atoms with Crippen LogP contribution in [0.2, 0.25) is 5.02 Å². The van der Waals surface area contributed by atoms with Crippen molar-refractivity contribution in [1.29, 1.82) is 0 Å². The molecule has 0 bridgehead atoms. The number of aromatic hydroxyl groups is 1. The van der Waals surface area contributed by atoms with Gasteiger partial charge in [-0.2, -0.15) is 0 Å². The van der Waals surface area contributed by atoms with Gasteiger partial charge in [0.2, 0.25) is 0 Å². The molecule has 0 aliphatic carbocycles. The van der Waals surface area contributed by atoms with Crippen LogP contribution >= 0.6 is 11.6 Å². The Labute approximate surface area is 161 Å². The van der Waals surface area contributed by atoms with Crippen LogP contribution in [0.25, 0.3) is 0 Å². The first-order valence-electron chi connectivity index (χ1n) is 8.82. The van der Waals surface area contributed by atoms with E-state index in [1.54, 1.807) is 28.0 Å². The largest absolute Gasteiger partial charge is 0.507 e. The van der Waals surface area contributed by atoms with Crippen molar-refractivity contribution < 1.29 is 19.4 Å². The van der Waals surface area contributed by atoms with Crippen molar-refractivity contribution in [1.82, 2.24) is 9.80 Å². The molecule has 2 aromatic carbocycles. The van der Waals surface area contributed by atoms with E-state index in [2.05, 4.69) is 0 Å². The number of hydrogen-bond acceptors (Lipinski definition) is 4. The summed E-state index contributed by atoms with van der Waals surface area (Å²) in [6.45, 7) is 1.22. The summed E-state index contributed by atoms with van der Waals surface area (Å²) in [4.78, 5) is 28.2. The number of rotatable bonds is 4. The molecule has 2 fully saturated rings. The fourth-order valence-electron chi connectivity index (χ4n) is 3.69. The number of fused-ring (bicyclic) bond motifs is 1. The molecule has 0 saturated carbocycles. The number of carbonyl (C=O) groups is 2. The summed E-state index contributed by atoms with van der Waals surface area (Å²) >= 11 is 6.01. The Hall–Kier alpha value is -2.73. The predicted octanol–water partition coefficient (Wildman–Crippen LogP) is 2.93. The Balaban J connectivity index is 1.44. The van der Waals surface area contributed by atoms with E-state index in [1.165, 1.54) is 6.07 Å². The number of ether oxygens (including phenoxy) is 1. The van der Waals surface area contributed by atoms with Crippen LogP contribution in [0.1, 0.15) is 15.9 Å². The molecular formula is C20H19ClN2O4. The van der Waals surface area contributed by atoms with Gasteiger partial charge in [-0.1, -0.05) is 35.9 Å². The molecule has 0 radical (unpaired) electrons. The highest BCUT2D eigenvalue weighted by molar-refractivity contribution is 6.30. The number of nitrogens with zero attached hydrogens (tertiary/aromatic N) is 2. The molecule has 7 heteroatoms. The number of likely N-dealkylation sites (tertiary alicyclic amines) is 1. The molecular weight excluding hydrogens is 368 g/mol. The molecule has 0 aromatic heterocycles. The molecule has 27 heavy (non-hydrogen) atoms. The van der Waals surface area contributed by atoms with Crippen LogP contribution in [-0.2, 0) is 11.2 Å². The maximum absolute atomic E-state index is 12.7. The highest BCUT2D eigenvalue weighted by atomic mass is 35.5. The summed E-state index contributed by atoms with van der Waals surface area (Å²) in [5.74, 6) is -0.303. The highest BCUT2D eigenvalue weighted by Crippen LogP contribution is 2.29. The average Bonchev–Trinajstić information content (AvgIpc) is 3.17. The molecule has 2 atom stereocenters. The number of halogens is 1. The molecule has 1 N–H and O–H groups in total. The fraction of sp³-hybridized carbons (Fsp3) is 0.300. The lowest BCUT2D eigenvalue weighted by Crippen LogP contribution is -2.40. The first kappa shape index (κ1) is 17.7. The molecule has 6 nitrogen and oxygen atoms in total. The fourth-order valence-corrected chi connectivity index (χ4v) is 3.91. The third-order valence-corrected chi connectivity index (χ3v) is 5.31. The quantitative estimate of drug-likeness (QED) is 0.877. The number of amides is 2. The van der Waals surface area contributed by atoms with E-state index in [0.29, 0.717) is 31.1 Å². The number of benzene rings is 2. The van der Waals surface area contributed by atoms with Gasteiger partial charge in [-0.05, 0) is 36.2 Å². The van der Waals surface area contributed by atoms with Gasteiger partial charge < -0.3 is 14.7 Å². The summed E-state index contributed by atoms with van der Waals surface area (Å²) in [6.07, 6.45) is -0.0277. The summed E-state index contributed by atoms with van der Waals surface area (Å²) in [5, 5.41) is 10.6. The van der Waals surface area contributed by atoms with Crippen molar-refractivity contribution in [3.05, 3.63) is 64.7 Å². The van der Waals surface area contributed by atoms with Crippen LogP contribution in [0.4, 0.5) is 4.79 Å². The number of carbonyl (C=O) groups excluding carboxylic acids is 2. The van der Waals surface area contributed by atoms with E-state index in [-0.39, 0.29) is 35.5 Å². The molecule has 2 amide bonds. The van der Waals surface area contributed by atoms with Crippen molar-refractivity contribution in [3.63, 3.8) is 0 Å². The van der Waals surface area contributed by atoms with E-state index >= 15 is 0 Å².